The van der Waals surface area contributed by atoms with Gasteiger partial charge in [0.25, 0.3) is 0 Å². The van der Waals surface area contributed by atoms with Gasteiger partial charge in [0, 0.05) is 107 Å². The lowest BCUT2D eigenvalue weighted by Gasteiger charge is -2.37. The van der Waals surface area contributed by atoms with E-state index < -0.39 is 5.60 Å². The maximum absolute atomic E-state index is 11.9. The van der Waals surface area contributed by atoms with Crippen LogP contribution in [-0.4, -0.2) is 136 Å². The molecule has 1 aromatic rings. The molecule has 0 aliphatic carbocycles. The molecule has 3 amide bonds. The van der Waals surface area contributed by atoms with Crippen molar-refractivity contribution < 1.29 is 33.4 Å². The van der Waals surface area contributed by atoms with E-state index in [9.17, 15) is 19.2 Å². The first-order chi connectivity index (χ1) is 26.9. The number of likely N-dealkylation sites (tertiary alicyclic amines) is 4. The SMILES string of the molecule is CC(C)(C)OC(=O)N1CCC(C2=NC=CC2)CC1.CCOC(=O)N1CCCC(=O)CC1.CCOC(=O)N1CCCC(N2CCC(c3nccn3CC)CC2)CC1. The quantitative estimate of drug-likeness (QED) is 0.273. The number of Topliss-reactive ketones (excluding diaryl/α,β-unsaturated/α-hetero) is 1. The van der Waals surface area contributed by atoms with Crippen molar-refractivity contribution in [3.05, 3.63) is 30.5 Å². The number of piperidine rings is 2. The first kappa shape index (κ1) is 44.8. The summed E-state index contributed by atoms with van der Waals surface area (Å²) in [6, 6.07) is 0.603. The van der Waals surface area contributed by atoms with Crippen molar-refractivity contribution in [1.29, 1.82) is 0 Å². The van der Waals surface area contributed by atoms with Crippen molar-refractivity contribution in [2.75, 3.05) is 65.6 Å². The van der Waals surface area contributed by atoms with Gasteiger partial charge in [0.15, 0.2) is 0 Å². The molecule has 4 fully saturated rings. The lowest BCUT2D eigenvalue weighted by atomic mass is 9.91. The second-order valence-electron chi connectivity index (χ2n) is 16.2. The smallest absolute Gasteiger partial charge is 0.410 e. The molecule has 1 unspecified atom stereocenters. The largest absolute Gasteiger partial charge is 0.450 e. The fraction of sp³-hybridized carbons (Fsp3) is 0.762. The van der Waals surface area contributed by atoms with Crippen molar-refractivity contribution in [3.8, 4) is 0 Å². The van der Waals surface area contributed by atoms with E-state index >= 15 is 0 Å². The molecule has 0 N–H and O–H groups in total. The number of ether oxygens (including phenoxy) is 3. The highest BCUT2D eigenvalue weighted by Crippen LogP contribution is 2.30. The molecular weight excluding hydrogens is 715 g/mol. The predicted octanol–water partition coefficient (Wildman–Crippen LogP) is 7.28. The van der Waals surface area contributed by atoms with Crippen LogP contribution in [0.4, 0.5) is 14.4 Å². The van der Waals surface area contributed by atoms with E-state index in [1.54, 1.807) is 11.8 Å². The van der Waals surface area contributed by atoms with Crippen LogP contribution in [0.3, 0.4) is 0 Å². The number of carbonyl (C=O) groups excluding carboxylic acids is 4. The minimum atomic E-state index is -0.409. The van der Waals surface area contributed by atoms with E-state index in [1.165, 1.54) is 30.8 Å². The number of aromatic nitrogens is 2. The number of hydrogen-bond donors (Lipinski definition) is 0. The number of imidazole rings is 1. The summed E-state index contributed by atoms with van der Waals surface area (Å²) in [4.78, 5) is 63.1. The molecule has 6 heterocycles. The van der Waals surface area contributed by atoms with E-state index in [2.05, 4.69) is 38.6 Å². The van der Waals surface area contributed by atoms with Crippen molar-refractivity contribution in [1.82, 2.24) is 29.2 Å². The van der Waals surface area contributed by atoms with E-state index in [0.29, 0.717) is 57.0 Å². The second-order valence-corrected chi connectivity index (χ2v) is 16.2. The number of hydrogen-bond acceptors (Lipinski definition) is 10. The molecule has 14 heteroatoms. The molecule has 1 aromatic heterocycles. The van der Waals surface area contributed by atoms with E-state index in [4.69, 9.17) is 14.2 Å². The molecule has 314 valence electrons. The molecule has 0 bridgehead atoms. The Kier molecular flexibility index (Phi) is 18.2. The first-order valence-electron chi connectivity index (χ1n) is 21.2. The van der Waals surface area contributed by atoms with Crippen LogP contribution in [0.1, 0.15) is 124 Å². The van der Waals surface area contributed by atoms with Gasteiger partial charge in [-0.05, 0) is 106 Å². The van der Waals surface area contributed by atoms with Crippen LogP contribution in [0.15, 0.2) is 29.7 Å². The third-order valence-corrected chi connectivity index (χ3v) is 11.1. The van der Waals surface area contributed by atoms with Gasteiger partial charge in [-0.2, -0.15) is 0 Å². The van der Waals surface area contributed by atoms with Gasteiger partial charge < -0.3 is 38.4 Å². The zero-order chi connectivity index (χ0) is 40.5. The highest BCUT2D eigenvalue weighted by atomic mass is 16.6. The van der Waals surface area contributed by atoms with Gasteiger partial charge in [0.05, 0.1) is 13.2 Å². The van der Waals surface area contributed by atoms with Crippen molar-refractivity contribution in [2.24, 2.45) is 10.9 Å². The number of aliphatic imine (C=N–C) groups is 1. The third-order valence-electron chi connectivity index (χ3n) is 11.1. The number of allylic oxidation sites excluding steroid dienone is 1. The molecule has 6 rings (SSSR count). The number of nitrogens with zero attached hydrogens (tertiary/aromatic N) is 7. The van der Waals surface area contributed by atoms with Gasteiger partial charge in [0.2, 0.25) is 0 Å². The van der Waals surface area contributed by atoms with Crippen LogP contribution in [0.5, 0.6) is 0 Å². The minimum absolute atomic E-state index is 0.145. The van der Waals surface area contributed by atoms with Gasteiger partial charge in [0.1, 0.15) is 17.2 Å². The standard InChI is InChI=1S/C19H32N4O2.C14H22N2O2.C9H15NO3/c1-3-21-15-10-20-18(21)16-7-12-22(13-8-16)17-6-5-11-23(14-9-17)19(24)25-4-2;1-14(2,3)18-13(17)16-9-6-11(7-10-16)12-5-4-8-15-12;1-2-13-9(12)10-6-3-4-8(11)5-7-10/h10,15-17H,3-9,11-14H2,1-2H3;4,8,11H,5-7,9-10H2,1-3H3;2-7H2,1H3. The summed E-state index contributed by atoms with van der Waals surface area (Å²) in [6.07, 6.45) is 17.9. The van der Waals surface area contributed by atoms with Crippen LogP contribution in [0.2, 0.25) is 0 Å². The third kappa shape index (κ3) is 14.2. The summed E-state index contributed by atoms with van der Waals surface area (Å²) < 4.78 is 17.7. The zero-order valence-corrected chi connectivity index (χ0v) is 35.1. The highest BCUT2D eigenvalue weighted by molar-refractivity contribution is 5.90. The second kappa shape index (κ2) is 22.7. The Morgan fingerprint density at radius 3 is 1.95 bits per heavy atom. The summed E-state index contributed by atoms with van der Waals surface area (Å²) in [7, 11) is 0. The maximum atomic E-state index is 11.9. The van der Waals surface area contributed by atoms with Crippen molar-refractivity contribution in [3.63, 3.8) is 0 Å². The minimum Gasteiger partial charge on any atom is -0.450 e. The van der Waals surface area contributed by atoms with E-state index in [0.717, 1.165) is 84.3 Å². The summed E-state index contributed by atoms with van der Waals surface area (Å²) in [5, 5.41) is 0. The number of rotatable bonds is 6. The van der Waals surface area contributed by atoms with Crippen LogP contribution in [0.25, 0.3) is 0 Å². The van der Waals surface area contributed by atoms with Crippen LogP contribution in [0, 0.1) is 5.92 Å². The number of ketones is 1. The molecule has 0 radical (unpaired) electrons. The summed E-state index contributed by atoms with van der Waals surface area (Å²) in [5.41, 5.74) is 0.867. The number of carbonyl (C=O) groups is 4. The normalized spacial score (nSPS) is 21.5. The van der Waals surface area contributed by atoms with Crippen molar-refractivity contribution >= 4 is 29.8 Å². The Hall–Kier alpha value is -3.94. The molecular formula is C42H69N7O7. The fourth-order valence-electron chi connectivity index (χ4n) is 8.04. The number of aryl methyl sites for hydroxylation is 1. The molecule has 56 heavy (non-hydrogen) atoms. The molecule has 0 aromatic carbocycles. The van der Waals surface area contributed by atoms with Gasteiger partial charge >= 0.3 is 18.3 Å². The molecule has 5 aliphatic heterocycles. The van der Waals surface area contributed by atoms with Gasteiger partial charge in [-0.15, -0.1) is 0 Å². The average molecular weight is 784 g/mol. The monoisotopic (exact) mass is 784 g/mol. The summed E-state index contributed by atoms with van der Waals surface area (Å²) in [5.74, 6) is 2.63. The molecule has 5 aliphatic rings. The topological polar surface area (TPSA) is 139 Å². The van der Waals surface area contributed by atoms with Crippen LogP contribution >= 0.6 is 0 Å². The average Bonchev–Trinajstić information content (AvgIpc) is 3.78. The molecule has 0 saturated carbocycles. The molecule has 0 spiro atoms. The zero-order valence-electron chi connectivity index (χ0n) is 35.1. The van der Waals surface area contributed by atoms with Crippen LogP contribution in [-0.2, 0) is 25.5 Å². The summed E-state index contributed by atoms with van der Waals surface area (Å²) in [6.45, 7) is 20.0. The van der Waals surface area contributed by atoms with Crippen molar-refractivity contribution in [2.45, 2.75) is 136 Å². The fourth-order valence-corrected chi connectivity index (χ4v) is 8.04. The van der Waals surface area contributed by atoms with Gasteiger partial charge in [-0.3, -0.25) is 9.79 Å². The molecule has 1 atom stereocenters. The number of amides is 3. The van der Waals surface area contributed by atoms with E-state index in [1.807, 2.05) is 49.9 Å². The Morgan fingerprint density at radius 1 is 0.732 bits per heavy atom. The first-order valence-corrected chi connectivity index (χ1v) is 21.2. The van der Waals surface area contributed by atoms with Gasteiger partial charge in [-0.1, -0.05) is 6.08 Å². The van der Waals surface area contributed by atoms with Crippen LogP contribution < -0.4 is 0 Å². The van der Waals surface area contributed by atoms with Gasteiger partial charge in [-0.25, -0.2) is 19.4 Å². The Balaban J connectivity index is 0.000000197. The Morgan fingerprint density at radius 2 is 1.34 bits per heavy atom. The summed E-state index contributed by atoms with van der Waals surface area (Å²) >= 11 is 0. The predicted molar refractivity (Wildman–Crippen MR) is 217 cm³/mol. The maximum Gasteiger partial charge on any atom is 0.410 e. The highest BCUT2D eigenvalue weighted by Gasteiger charge is 2.31. The lowest BCUT2D eigenvalue weighted by molar-refractivity contribution is -0.118. The lowest BCUT2D eigenvalue weighted by Crippen LogP contribution is -2.42. The van der Waals surface area contributed by atoms with E-state index in [-0.39, 0.29) is 24.1 Å². The molecule has 4 saturated heterocycles. The Labute approximate surface area is 335 Å². The Bertz CT molecular complexity index is 1460. The molecule has 14 nitrogen and oxygen atoms in total.